The predicted octanol–water partition coefficient (Wildman–Crippen LogP) is 19.1. The van der Waals surface area contributed by atoms with Crippen molar-refractivity contribution in [1.82, 2.24) is 0 Å². The number of phosphoric acid groups is 2. The third-order valence-electron chi connectivity index (χ3n) is 16.0. The highest BCUT2D eigenvalue weighted by Crippen LogP contribution is 2.45. The van der Waals surface area contributed by atoms with E-state index in [4.69, 9.17) is 37.0 Å². The first kappa shape index (κ1) is 85.1. The van der Waals surface area contributed by atoms with Crippen LogP contribution in [0.4, 0.5) is 0 Å². The van der Waals surface area contributed by atoms with E-state index in [-0.39, 0.29) is 25.7 Å². The molecule has 0 aromatic heterocycles. The molecule has 6 atom stereocenters. The first-order chi connectivity index (χ1) is 41.8. The maximum absolute atomic E-state index is 13.0. The van der Waals surface area contributed by atoms with E-state index in [2.05, 4.69) is 48.5 Å². The predicted molar refractivity (Wildman–Crippen MR) is 349 cm³/mol. The summed E-state index contributed by atoms with van der Waals surface area (Å²) in [4.78, 5) is 72.3. The second kappa shape index (κ2) is 59.1. The highest BCUT2D eigenvalue weighted by molar-refractivity contribution is 7.47. The number of hydrogen-bond acceptors (Lipinski definition) is 15. The fourth-order valence-corrected chi connectivity index (χ4v) is 11.7. The Balaban J connectivity index is 5.23. The van der Waals surface area contributed by atoms with Crippen LogP contribution in [0.5, 0.6) is 0 Å². The van der Waals surface area contributed by atoms with Crippen LogP contribution in [-0.4, -0.2) is 96.7 Å². The van der Waals surface area contributed by atoms with Crippen LogP contribution in [0, 0.1) is 17.8 Å². The molecule has 0 aromatic rings. The Morgan fingerprint density at radius 1 is 0.333 bits per heavy atom. The number of hydrogen-bond donors (Lipinski definition) is 3. The van der Waals surface area contributed by atoms with Crippen LogP contribution < -0.4 is 0 Å². The summed E-state index contributed by atoms with van der Waals surface area (Å²) in [5.41, 5.74) is 0. The van der Waals surface area contributed by atoms with Crippen molar-refractivity contribution in [2.45, 2.75) is 356 Å². The van der Waals surface area contributed by atoms with Crippen LogP contribution in [0.3, 0.4) is 0 Å². The number of carbonyl (C=O) groups excluding carboxylic acids is 4. The molecule has 0 rings (SSSR count). The van der Waals surface area contributed by atoms with Crippen LogP contribution in [0.25, 0.3) is 0 Å². The molecule has 0 aliphatic carbocycles. The van der Waals surface area contributed by atoms with E-state index in [9.17, 15) is 43.2 Å². The van der Waals surface area contributed by atoms with Crippen molar-refractivity contribution in [2.24, 2.45) is 17.8 Å². The monoisotopic (exact) mass is 1280 g/mol. The molecule has 17 nitrogen and oxygen atoms in total. The molecule has 0 heterocycles. The van der Waals surface area contributed by atoms with E-state index in [0.717, 1.165) is 120 Å². The highest BCUT2D eigenvalue weighted by atomic mass is 31.2. The summed E-state index contributed by atoms with van der Waals surface area (Å²) >= 11 is 0. The summed E-state index contributed by atoms with van der Waals surface area (Å²) in [6.45, 7) is 11.8. The average Bonchev–Trinajstić information content (AvgIpc) is 3.61. The van der Waals surface area contributed by atoms with Crippen LogP contribution in [0.1, 0.15) is 337 Å². The maximum Gasteiger partial charge on any atom is 0.472 e. The summed E-state index contributed by atoms with van der Waals surface area (Å²) < 4.78 is 68.1. The van der Waals surface area contributed by atoms with Crippen molar-refractivity contribution >= 4 is 39.5 Å². The van der Waals surface area contributed by atoms with E-state index in [1.54, 1.807) is 0 Å². The lowest BCUT2D eigenvalue weighted by molar-refractivity contribution is -0.161. The summed E-state index contributed by atoms with van der Waals surface area (Å²) in [6, 6.07) is 0. The molecule has 3 unspecified atom stereocenters. The number of aliphatic hydroxyl groups excluding tert-OH is 1. The minimum absolute atomic E-state index is 0.104. The van der Waals surface area contributed by atoms with Gasteiger partial charge in [0.1, 0.15) is 19.3 Å². The lowest BCUT2D eigenvalue weighted by Gasteiger charge is -2.21. The van der Waals surface area contributed by atoms with Crippen molar-refractivity contribution in [3.05, 3.63) is 0 Å². The average molecular weight is 1280 g/mol. The van der Waals surface area contributed by atoms with Gasteiger partial charge in [0.2, 0.25) is 0 Å². The molecule has 19 heteroatoms. The second-order valence-electron chi connectivity index (χ2n) is 25.8. The normalized spacial score (nSPS) is 14.6. The first-order valence-corrected chi connectivity index (χ1v) is 38.4. The van der Waals surface area contributed by atoms with Crippen molar-refractivity contribution in [3.8, 4) is 0 Å². The zero-order valence-corrected chi connectivity index (χ0v) is 58.3. The summed E-state index contributed by atoms with van der Waals surface area (Å²) in [7, 11) is -9.89. The molecule has 0 spiro atoms. The molecule has 0 aliphatic heterocycles. The smallest absolute Gasteiger partial charge is 0.462 e. The van der Waals surface area contributed by atoms with E-state index in [1.807, 2.05) is 0 Å². The highest BCUT2D eigenvalue weighted by Gasteiger charge is 2.30. The van der Waals surface area contributed by atoms with E-state index >= 15 is 0 Å². The molecule has 0 amide bonds. The van der Waals surface area contributed by atoms with E-state index in [1.165, 1.54) is 135 Å². The minimum atomic E-state index is -4.95. The van der Waals surface area contributed by atoms with Crippen LogP contribution in [-0.2, 0) is 65.4 Å². The number of phosphoric ester groups is 2. The van der Waals surface area contributed by atoms with Gasteiger partial charge in [-0.05, 0) is 43.4 Å². The molecular weight excluding hydrogens is 1150 g/mol. The maximum atomic E-state index is 13.0. The number of esters is 4. The Bertz CT molecular complexity index is 1720. The van der Waals surface area contributed by atoms with Gasteiger partial charge in [0.15, 0.2) is 12.2 Å². The van der Waals surface area contributed by atoms with Gasteiger partial charge in [-0.15, -0.1) is 0 Å². The third kappa shape index (κ3) is 61.3. The molecule has 0 aromatic carbocycles. The van der Waals surface area contributed by atoms with Gasteiger partial charge in [-0.2, -0.15) is 0 Å². The Labute approximate surface area is 530 Å². The van der Waals surface area contributed by atoms with Crippen molar-refractivity contribution in [2.75, 3.05) is 39.6 Å². The van der Waals surface area contributed by atoms with Gasteiger partial charge in [-0.25, -0.2) is 9.13 Å². The molecule has 0 bridgehead atoms. The molecule has 0 saturated carbocycles. The zero-order valence-electron chi connectivity index (χ0n) is 56.5. The van der Waals surface area contributed by atoms with Gasteiger partial charge in [0.05, 0.1) is 26.4 Å². The van der Waals surface area contributed by atoms with Crippen LogP contribution in [0.15, 0.2) is 0 Å². The SMILES string of the molecule is CCCCCCCCCC(=O)OC[C@H](COP(=O)(O)OC[C@H](O)COP(=O)(O)OC[C@@H](COC(=O)CCCCCCCCCCCCC(C)C)OC(=O)CCCCCCCCCCCCCCC(C)C)OC(=O)CCCCCCCCCCC(C)CC. The Morgan fingerprint density at radius 2 is 0.586 bits per heavy atom. The topological polar surface area (TPSA) is 237 Å². The fraction of sp³-hybridized carbons (Fsp3) is 0.941. The number of unbranched alkanes of at least 4 members (excludes halogenated alkanes) is 33. The van der Waals surface area contributed by atoms with Gasteiger partial charge in [-0.1, -0.05) is 286 Å². The quantitative estimate of drug-likeness (QED) is 0.0222. The number of aliphatic hydroxyl groups is 1. The number of ether oxygens (including phenoxy) is 4. The Hall–Kier alpha value is -1.94. The zero-order chi connectivity index (χ0) is 64.5. The van der Waals surface area contributed by atoms with E-state index < -0.39 is 97.5 Å². The molecule has 87 heavy (non-hydrogen) atoms. The summed E-state index contributed by atoms with van der Waals surface area (Å²) in [5, 5.41) is 10.6. The van der Waals surface area contributed by atoms with Gasteiger partial charge in [0, 0.05) is 25.7 Å². The molecular formula is C68H132O17P2. The third-order valence-corrected chi connectivity index (χ3v) is 17.9. The number of rotatable bonds is 66. The summed E-state index contributed by atoms with van der Waals surface area (Å²) in [6.07, 6.45) is 41.7. The van der Waals surface area contributed by atoms with Gasteiger partial charge in [-0.3, -0.25) is 37.3 Å². The van der Waals surface area contributed by atoms with Gasteiger partial charge >= 0.3 is 39.5 Å². The Morgan fingerprint density at radius 3 is 0.874 bits per heavy atom. The molecule has 0 radical (unpaired) electrons. The molecule has 0 fully saturated rings. The molecule has 516 valence electrons. The largest absolute Gasteiger partial charge is 0.472 e. The van der Waals surface area contributed by atoms with Crippen LogP contribution >= 0.6 is 15.6 Å². The molecule has 3 N–H and O–H groups in total. The molecule has 0 aliphatic rings. The molecule has 0 saturated heterocycles. The van der Waals surface area contributed by atoms with Gasteiger partial charge < -0.3 is 33.8 Å². The Kier molecular flexibility index (Phi) is 57.8. The lowest BCUT2D eigenvalue weighted by Crippen LogP contribution is -2.30. The number of carbonyl (C=O) groups is 4. The summed E-state index contributed by atoms with van der Waals surface area (Å²) in [5.74, 6) is 0.171. The lowest BCUT2D eigenvalue weighted by atomic mass is 9.99. The van der Waals surface area contributed by atoms with Crippen molar-refractivity contribution < 1.29 is 80.2 Å². The first-order valence-electron chi connectivity index (χ1n) is 35.4. The van der Waals surface area contributed by atoms with Gasteiger partial charge in [0.25, 0.3) is 0 Å². The standard InChI is InChI=1S/C68H132O17P2/c1-8-10-11-12-25-35-42-49-65(70)78-55-63(85-68(73)52-45-38-31-24-23-28-34-41-48-61(7)9-2)57-82-86(74,75)80-53-62(69)54-81-87(76,77)83-58-64(56-79-66(71)50-43-36-29-21-18-17-20-27-33-40-47-60(5)6)84-67(72)51-44-37-30-22-16-14-13-15-19-26-32-39-46-59(3)4/h59-64,69H,8-58H2,1-7H3,(H,74,75)(H,76,77)/t61?,62-,63+,64+/m0/s1. The van der Waals surface area contributed by atoms with E-state index in [0.29, 0.717) is 25.7 Å². The van der Waals surface area contributed by atoms with Crippen molar-refractivity contribution in [3.63, 3.8) is 0 Å². The second-order valence-corrected chi connectivity index (χ2v) is 28.7. The fourth-order valence-electron chi connectivity index (χ4n) is 10.2. The minimum Gasteiger partial charge on any atom is -0.462 e. The van der Waals surface area contributed by atoms with Crippen molar-refractivity contribution in [1.29, 1.82) is 0 Å². The van der Waals surface area contributed by atoms with Crippen LogP contribution in [0.2, 0.25) is 0 Å².